The Morgan fingerprint density at radius 1 is 1.15 bits per heavy atom. The Labute approximate surface area is 195 Å². The van der Waals surface area contributed by atoms with Gasteiger partial charge in [0.2, 0.25) is 0 Å². The quantitative estimate of drug-likeness (QED) is 0.441. The maximum Gasteiger partial charge on any atom is 0.410 e. The van der Waals surface area contributed by atoms with Gasteiger partial charge in [0.05, 0.1) is 22.4 Å². The number of nitro groups is 1. The number of nitro benzene ring substituents is 1. The van der Waals surface area contributed by atoms with Crippen LogP contribution in [-0.4, -0.2) is 63.6 Å². The van der Waals surface area contributed by atoms with Gasteiger partial charge < -0.3 is 24.8 Å². The van der Waals surface area contributed by atoms with Crippen LogP contribution in [0.1, 0.15) is 31.1 Å². The van der Waals surface area contributed by atoms with Crippen molar-refractivity contribution in [1.82, 2.24) is 14.9 Å². The Hall–Kier alpha value is -4.15. The minimum atomic E-state index is -0.528. The third-order valence-corrected chi connectivity index (χ3v) is 5.41. The second-order valence-corrected chi connectivity index (χ2v) is 9.00. The SMILES string of the molecule is CC(C)(C)OC(=O)N1CCN(c2ccc(NC(=O)c3c[nH]c4ccc([N+](=O)[O-])cc34)nc2)CC1. The summed E-state index contributed by atoms with van der Waals surface area (Å²) in [4.78, 5) is 46.6. The Bertz CT molecular complexity index is 1220. The molecule has 0 unspecified atom stereocenters. The number of aromatic amines is 1. The average molecular weight is 466 g/mol. The number of amides is 2. The topological polar surface area (TPSA) is 134 Å². The number of aromatic nitrogens is 2. The molecular formula is C23H26N6O5. The number of ether oxygens (including phenoxy) is 1. The largest absolute Gasteiger partial charge is 0.444 e. The molecule has 4 rings (SSSR count). The van der Waals surface area contributed by atoms with Gasteiger partial charge in [-0.2, -0.15) is 0 Å². The molecule has 1 aliphatic rings. The maximum atomic E-state index is 12.8. The Balaban J connectivity index is 1.38. The summed E-state index contributed by atoms with van der Waals surface area (Å²) in [6.07, 6.45) is 2.87. The van der Waals surface area contributed by atoms with E-state index in [2.05, 4.69) is 20.2 Å². The minimum absolute atomic E-state index is 0.0876. The lowest BCUT2D eigenvalue weighted by Gasteiger charge is -2.36. The van der Waals surface area contributed by atoms with Crippen molar-refractivity contribution in [2.24, 2.45) is 0 Å². The molecular weight excluding hydrogens is 440 g/mol. The molecule has 3 aromatic rings. The van der Waals surface area contributed by atoms with Gasteiger partial charge >= 0.3 is 6.09 Å². The summed E-state index contributed by atoms with van der Waals surface area (Å²) < 4.78 is 5.43. The lowest BCUT2D eigenvalue weighted by Crippen LogP contribution is -2.50. The molecule has 0 aliphatic carbocycles. The number of anilines is 2. The van der Waals surface area contributed by atoms with E-state index >= 15 is 0 Å². The van der Waals surface area contributed by atoms with Gasteiger partial charge in [0.25, 0.3) is 11.6 Å². The van der Waals surface area contributed by atoms with Crippen molar-refractivity contribution >= 4 is 40.1 Å². The Morgan fingerprint density at radius 3 is 2.50 bits per heavy atom. The molecule has 2 N–H and O–H groups in total. The van der Waals surface area contributed by atoms with Crippen molar-refractivity contribution < 1.29 is 19.2 Å². The fourth-order valence-electron chi connectivity index (χ4n) is 3.71. The number of hydrogen-bond acceptors (Lipinski definition) is 7. The van der Waals surface area contributed by atoms with Crippen LogP contribution < -0.4 is 10.2 Å². The van der Waals surface area contributed by atoms with E-state index in [1.807, 2.05) is 26.8 Å². The van der Waals surface area contributed by atoms with Crippen LogP contribution in [-0.2, 0) is 4.74 Å². The number of rotatable bonds is 4. The van der Waals surface area contributed by atoms with E-state index in [1.54, 1.807) is 23.2 Å². The lowest BCUT2D eigenvalue weighted by molar-refractivity contribution is -0.384. The van der Waals surface area contributed by atoms with E-state index in [4.69, 9.17) is 4.74 Å². The molecule has 178 valence electrons. The number of benzene rings is 1. The smallest absolute Gasteiger partial charge is 0.410 e. The molecule has 1 aromatic carbocycles. The Morgan fingerprint density at radius 2 is 1.88 bits per heavy atom. The first-order chi connectivity index (χ1) is 16.1. The van der Waals surface area contributed by atoms with E-state index in [-0.39, 0.29) is 11.8 Å². The molecule has 0 saturated carbocycles. The van der Waals surface area contributed by atoms with Gasteiger partial charge in [0, 0.05) is 55.4 Å². The van der Waals surface area contributed by atoms with Crippen molar-refractivity contribution in [3.05, 3.63) is 58.4 Å². The summed E-state index contributed by atoms with van der Waals surface area (Å²) in [5, 5.41) is 14.3. The maximum absolute atomic E-state index is 12.8. The van der Waals surface area contributed by atoms with Gasteiger partial charge in [0.15, 0.2) is 0 Å². The van der Waals surface area contributed by atoms with E-state index in [9.17, 15) is 19.7 Å². The van der Waals surface area contributed by atoms with Crippen LogP contribution in [0.5, 0.6) is 0 Å². The van der Waals surface area contributed by atoms with Gasteiger partial charge in [-0.05, 0) is 39.0 Å². The van der Waals surface area contributed by atoms with E-state index in [0.29, 0.717) is 48.5 Å². The molecule has 11 heteroatoms. The lowest BCUT2D eigenvalue weighted by atomic mass is 10.1. The summed E-state index contributed by atoms with van der Waals surface area (Å²) in [7, 11) is 0. The molecule has 0 radical (unpaired) electrons. The average Bonchev–Trinajstić information content (AvgIpc) is 3.22. The predicted octanol–water partition coefficient (Wildman–Crippen LogP) is 3.78. The molecule has 0 bridgehead atoms. The van der Waals surface area contributed by atoms with Crippen LogP contribution >= 0.6 is 0 Å². The van der Waals surface area contributed by atoms with Crippen molar-refractivity contribution in [3.63, 3.8) is 0 Å². The number of hydrogen-bond donors (Lipinski definition) is 2. The highest BCUT2D eigenvalue weighted by molar-refractivity contribution is 6.12. The number of fused-ring (bicyclic) bond motifs is 1. The van der Waals surface area contributed by atoms with Crippen molar-refractivity contribution in [2.75, 3.05) is 36.4 Å². The number of nitrogens with one attached hydrogen (secondary N) is 2. The van der Waals surface area contributed by atoms with E-state index in [1.165, 1.54) is 18.3 Å². The monoisotopic (exact) mass is 466 g/mol. The van der Waals surface area contributed by atoms with Crippen molar-refractivity contribution in [3.8, 4) is 0 Å². The fourth-order valence-corrected chi connectivity index (χ4v) is 3.71. The first-order valence-corrected chi connectivity index (χ1v) is 10.9. The van der Waals surface area contributed by atoms with Crippen LogP contribution in [0.3, 0.4) is 0 Å². The van der Waals surface area contributed by atoms with Crippen LogP contribution in [0.25, 0.3) is 10.9 Å². The molecule has 11 nitrogen and oxygen atoms in total. The number of nitrogens with zero attached hydrogens (tertiary/aromatic N) is 4. The summed E-state index contributed by atoms with van der Waals surface area (Å²) in [5.41, 5.74) is 1.19. The zero-order valence-corrected chi connectivity index (χ0v) is 19.2. The van der Waals surface area contributed by atoms with E-state index < -0.39 is 16.4 Å². The normalized spacial score (nSPS) is 14.2. The van der Waals surface area contributed by atoms with Gasteiger partial charge in [0.1, 0.15) is 11.4 Å². The minimum Gasteiger partial charge on any atom is -0.444 e. The number of pyridine rings is 1. The van der Waals surface area contributed by atoms with Gasteiger partial charge in [-0.25, -0.2) is 9.78 Å². The van der Waals surface area contributed by atoms with Crippen LogP contribution in [0, 0.1) is 10.1 Å². The third-order valence-electron chi connectivity index (χ3n) is 5.41. The zero-order valence-electron chi connectivity index (χ0n) is 19.2. The highest BCUT2D eigenvalue weighted by Crippen LogP contribution is 2.25. The zero-order chi connectivity index (χ0) is 24.5. The summed E-state index contributed by atoms with van der Waals surface area (Å²) in [6, 6.07) is 7.87. The molecule has 2 aromatic heterocycles. The van der Waals surface area contributed by atoms with Gasteiger partial charge in [-0.15, -0.1) is 0 Å². The highest BCUT2D eigenvalue weighted by atomic mass is 16.6. The number of H-pyrrole nitrogens is 1. The molecule has 3 heterocycles. The predicted molar refractivity (Wildman–Crippen MR) is 127 cm³/mol. The van der Waals surface area contributed by atoms with Crippen molar-refractivity contribution in [1.29, 1.82) is 0 Å². The number of carbonyl (C=O) groups excluding carboxylic acids is 2. The number of carbonyl (C=O) groups is 2. The molecule has 2 amide bonds. The molecule has 34 heavy (non-hydrogen) atoms. The van der Waals surface area contributed by atoms with Crippen molar-refractivity contribution in [2.45, 2.75) is 26.4 Å². The fraction of sp³-hybridized carbons (Fsp3) is 0.348. The third kappa shape index (κ3) is 5.08. The summed E-state index contributed by atoms with van der Waals surface area (Å²) in [6.45, 7) is 7.89. The number of piperazine rings is 1. The van der Waals surface area contributed by atoms with Gasteiger partial charge in [-0.1, -0.05) is 0 Å². The first kappa shape index (κ1) is 23.0. The standard InChI is InChI=1S/C23H26N6O5/c1-23(2,3)34-22(31)28-10-8-27(9-11-28)16-5-7-20(25-13-16)26-21(30)18-14-24-19-6-4-15(29(32)33)12-17(18)19/h4-7,12-14,24H,8-11H2,1-3H3,(H,25,26,30). The van der Waals surface area contributed by atoms with Gasteiger partial charge in [-0.3, -0.25) is 14.9 Å². The molecule has 1 aliphatic heterocycles. The second-order valence-electron chi connectivity index (χ2n) is 9.00. The second kappa shape index (κ2) is 9.00. The molecule has 1 saturated heterocycles. The molecule has 0 spiro atoms. The number of non-ortho nitro benzene ring substituents is 1. The molecule has 1 fully saturated rings. The molecule has 0 atom stereocenters. The van der Waals surface area contributed by atoms with Crippen LogP contribution in [0.15, 0.2) is 42.7 Å². The summed E-state index contributed by atoms with van der Waals surface area (Å²) >= 11 is 0. The Kier molecular flexibility index (Phi) is 6.10. The first-order valence-electron chi connectivity index (χ1n) is 10.9. The highest BCUT2D eigenvalue weighted by Gasteiger charge is 2.26. The van der Waals surface area contributed by atoms with E-state index in [0.717, 1.165) is 5.69 Å². The van der Waals surface area contributed by atoms with Crippen LogP contribution in [0.2, 0.25) is 0 Å². The summed E-state index contributed by atoms with van der Waals surface area (Å²) in [5.74, 6) is -0.0566. The van der Waals surface area contributed by atoms with Crippen LogP contribution in [0.4, 0.5) is 22.0 Å².